The molecule has 5 heteroatoms. The first-order valence-electron chi connectivity index (χ1n) is 7.68. The van der Waals surface area contributed by atoms with E-state index in [1.807, 2.05) is 24.7 Å². The molecule has 1 N–H and O–H groups in total. The number of aliphatic hydroxyl groups excluding tert-OH is 1. The van der Waals surface area contributed by atoms with Gasteiger partial charge in [-0.15, -0.1) is 0 Å². The average Bonchev–Trinajstić information content (AvgIpc) is 3.10. The zero-order valence-electron chi connectivity index (χ0n) is 12.3. The average molecular weight is 294 g/mol. The summed E-state index contributed by atoms with van der Waals surface area (Å²) in [5.74, 6) is 0.0821. The minimum Gasteiger partial charge on any atom is -0.393 e. The van der Waals surface area contributed by atoms with Gasteiger partial charge in [0.2, 0.25) is 0 Å². The molecular weight excluding hydrogens is 276 g/mol. The molecular formula is C17H18N4O. The van der Waals surface area contributed by atoms with Crippen LogP contribution in [0.5, 0.6) is 0 Å². The van der Waals surface area contributed by atoms with E-state index < -0.39 is 0 Å². The number of nitrogens with zero attached hydrogens (tertiary/aromatic N) is 4. The highest BCUT2D eigenvalue weighted by Crippen LogP contribution is 2.44. The normalized spacial score (nSPS) is 27.2. The quantitative estimate of drug-likeness (QED) is 0.856. The number of rotatable bonds is 2. The van der Waals surface area contributed by atoms with Crippen molar-refractivity contribution in [1.82, 2.24) is 14.5 Å². The van der Waals surface area contributed by atoms with Gasteiger partial charge in [0, 0.05) is 24.6 Å². The molecule has 3 heterocycles. The molecule has 5 nitrogen and oxygen atoms in total. The van der Waals surface area contributed by atoms with Crippen molar-refractivity contribution in [3.8, 4) is 17.3 Å². The van der Waals surface area contributed by atoms with Gasteiger partial charge in [0.25, 0.3) is 0 Å². The SMILES string of the molecule is N#CCN1CCC(O)C(C2c3ccccc3-c3cncn32)C1. The molecule has 0 bridgehead atoms. The second-order valence-corrected chi connectivity index (χ2v) is 6.13. The fourth-order valence-electron chi connectivity index (χ4n) is 3.90. The van der Waals surface area contributed by atoms with Gasteiger partial charge in [-0.1, -0.05) is 24.3 Å². The maximum absolute atomic E-state index is 10.6. The highest BCUT2D eigenvalue weighted by molar-refractivity contribution is 5.69. The summed E-state index contributed by atoms with van der Waals surface area (Å²) in [6.45, 7) is 1.95. The summed E-state index contributed by atoms with van der Waals surface area (Å²) in [7, 11) is 0. The van der Waals surface area contributed by atoms with Crippen LogP contribution in [0.2, 0.25) is 0 Å². The highest BCUT2D eigenvalue weighted by atomic mass is 16.3. The van der Waals surface area contributed by atoms with Crippen molar-refractivity contribution in [3.05, 3.63) is 42.4 Å². The molecule has 0 saturated carbocycles. The lowest BCUT2D eigenvalue weighted by atomic mass is 9.84. The molecule has 0 aliphatic carbocycles. The molecule has 1 fully saturated rings. The Hall–Kier alpha value is -2.16. The zero-order valence-corrected chi connectivity index (χ0v) is 12.3. The molecule has 22 heavy (non-hydrogen) atoms. The molecule has 0 amide bonds. The first-order valence-corrected chi connectivity index (χ1v) is 7.68. The molecule has 1 aromatic carbocycles. The van der Waals surface area contributed by atoms with E-state index >= 15 is 0 Å². The third-order valence-corrected chi connectivity index (χ3v) is 4.93. The molecule has 1 saturated heterocycles. The van der Waals surface area contributed by atoms with E-state index in [0.29, 0.717) is 6.54 Å². The molecule has 3 atom stereocenters. The molecule has 3 unspecified atom stereocenters. The lowest BCUT2D eigenvalue weighted by molar-refractivity contribution is 0.0149. The predicted octanol–water partition coefficient (Wildman–Crippen LogP) is 1.66. The van der Waals surface area contributed by atoms with E-state index in [1.165, 1.54) is 11.1 Å². The Kier molecular flexibility index (Phi) is 3.21. The maximum Gasteiger partial charge on any atom is 0.0956 e. The number of likely N-dealkylation sites (tertiary alicyclic amines) is 1. The van der Waals surface area contributed by atoms with Gasteiger partial charge in [-0.3, -0.25) is 4.90 Å². The Morgan fingerprint density at radius 2 is 2.23 bits per heavy atom. The molecule has 1 aromatic heterocycles. The van der Waals surface area contributed by atoms with Crippen molar-refractivity contribution >= 4 is 0 Å². The molecule has 2 aliphatic rings. The van der Waals surface area contributed by atoms with Crippen molar-refractivity contribution < 1.29 is 5.11 Å². The Balaban J connectivity index is 1.74. The number of hydrogen-bond acceptors (Lipinski definition) is 4. The Labute approximate surface area is 129 Å². The summed E-state index contributed by atoms with van der Waals surface area (Å²) in [5, 5.41) is 19.5. The zero-order chi connectivity index (χ0) is 15.1. The van der Waals surface area contributed by atoms with Crippen LogP contribution >= 0.6 is 0 Å². The lowest BCUT2D eigenvalue weighted by Crippen LogP contribution is -2.46. The highest BCUT2D eigenvalue weighted by Gasteiger charge is 2.40. The minimum atomic E-state index is -0.346. The van der Waals surface area contributed by atoms with Crippen LogP contribution in [0.4, 0.5) is 0 Å². The maximum atomic E-state index is 10.6. The van der Waals surface area contributed by atoms with Crippen LogP contribution in [0.3, 0.4) is 0 Å². The number of benzene rings is 1. The standard InChI is InChI=1S/C17H18N4O/c18-6-8-20-7-5-16(22)14(10-20)17-13-4-2-1-3-12(13)15-9-19-11-21(15)17/h1-4,9,11,14,16-17,22H,5,7-8,10H2. The number of piperidine rings is 1. The van der Waals surface area contributed by atoms with Crippen LogP contribution in [0.25, 0.3) is 11.3 Å². The summed E-state index contributed by atoms with van der Waals surface area (Å²) < 4.78 is 2.18. The van der Waals surface area contributed by atoms with Gasteiger partial charge in [-0.05, 0) is 12.0 Å². The van der Waals surface area contributed by atoms with Crippen molar-refractivity contribution in [2.24, 2.45) is 5.92 Å². The number of imidazole rings is 1. The van der Waals surface area contributed by atoms with Gasteiger partial charge in [0.15, 0.2) is 0 Å². The molecule has 2 aliphatic heterocycles. The largest absolute Gasteiger partial charge is 0.393 e. The third kappa shape index (κ3) is 1.96. The number of nitriles is 1. The summed E-state index contributed by atoms with van der Waals surface area (Å²) in [4.78, 5) is 6.42. The topological polar surface area (TPSA) is 65.1 Å². The van der Waals surface area contributed by atoms with Gasteiger partial charge in [-0.2, -0.15) is 5.26 Å². The van der Waals surface area contributed by atoms with Crippen molar-refractivity contribution in [2.75, 3.05) is 19.6 Å². The second kappa shape index (κ2) is 5.24. The first-order chi connectivity index (χ1) is 10.8. The van der Waals surface area contributed by atoms with Gasteiger partial charge >= 0.3 is 0 Å². The van der Waals surface area contributed by atoms with E-state index in [0.717, 1.165) is 25.2 Å². The van der Waals surface area contributed by atoms with E-state index in [9.17, 15) is 5.11 Å². The molecule has 4 rings (SSSR count). The van der Waals surface area contributed by atoms with E-state index in [1.54, 1.807) is 0 Å². The number of hydrogen-bond donors (Lipinski definition) is 1. The van der Waals surface area contributed by atoms with Gasteiger partial charge < -0.3 is 9.67 Å². The Morgan fingerprint density at radius 1 is 1.36 bits per heavy atom. The van der Waals surface area contributed by atoms with Crippen LogP contribution in [0.15, 0.2) is 36.8 Å². The number of fused-ring (bicyclic) bond motifs is 3. The predicted molar refractivity (Wildman–Crippen MR) is 82.0 cm³/mol. The number of aromatic nitrogens is 2. The van der Waals surface area contributed by atoms with Crippen LogP contribution in [-0.4, -0.2) is 45.3 Å². The van der Waals surface area contributed by atoms with Gasteiger partial charge in [-0.25, -0.2) is 4.98 Å². The molecule has 2 aromatic rings. The number of aliphatic hydroxyl groups is 1. The second-order valence-electron chi connectivity index (χ2n) is 6.13. The van der Waals surface area contributed by atoms with Crippen molar-refractivity contribution in [2.45, 2.75) is 18.6 Å². The van der Waals surface area contributed by atoms with Gasteiger partial charge in [0.05, 0.1) is 43.0 Å². The minimum absolute atomic E-state index is 0.0821. The van der Waals surface area contributed by atoms with Crippen LogP contribution in [-0.2, 0) is 0 Å². The van der Waals surface area contributed by atoms with Crippen LogP contribution in [0.1, 0.15) is 18.0 Å². The van der Waals surface area contributed by atoms with Crippen molar-refractivity contribution in [1.29, 1.82) is 5.26 Å². The summed E-state index contributed by atoms with van der Waals surface area (Å²) in [5.41, 5.74) is 3.57. The first kappa shape index (κ1) is 13.5. The van der Waals surface area contributed by atoms with E-state index in [2.05, 4.69) is 32.7 Å². The third-order valence-electron chi connectivity index (χ3n) is 4.93. The van der Waals surface area contributed by atoms with Crippen molar-refractivity contribution in [3.63, 3.8) is 0 Å². The summed E-state index contributed by atoms with van der Waals surface area (Å²) >= 11 is 0. The van der Waals surface area contributed by atoms with Crippen LogP contribution < -0.4 is 0 Å². The molecule has 0 spiro atoms. The summed E-state index contributed by atoms with van der Waals surface area (Å²) in [6, 6.07) is 10.7. The molecule has 0 radical (unpaired) electrons. The van der Waals surface area contributed by atoms with E-state index in [4.69, 9.17) is 5.26 Å². The fourth-order valence-corrected chi connectivity index (χ4v) is 3.90. The Morgan fingerprint density at radius 3 is 3.09 bits per heavy atom. The smallest absolute Gasteiger partial charge is 0.0956 e. The molecule has 112 valence electrons. The van der Waals surface area contributed by atoms with E-state index in [-0.39, 0.29) is 18.1 Å². The van der Waals surface area contributed by atoms with Gasteiger partial charge in [0.1, 0.15) is 0 Å². The van der Waals surface area contributed by atoms with Crippen LogP contribution in [0, 0.1) is 17.2 Å². The lowest BCUT2D eigenvalue weighted by Gasteiger charge is -2.38. The monoisotopic (exact) mass is 294 g/mol. The Bertz CT molecular complexity index is 732. The summed E-state index contributed by atoms with van der Waals surface area (Å²) in [6.07, 6.45) is 4.12. The fraction of sp³-hybridized carbons (Fsp3) is 0.412.